The zero-order chi connectivity index (χ0) is 22.2. The van der Waals surface area contributed by atoms with Gasteiger partial charge >= 0.3 is 0 Å². The van der Waals surface area contributed by atoms with Crippen LogP contribution in [0.2, 0.25) is 0 Å². The highest BCUT2D eigenvalue weighted by molar-refractivity contribution is 7.99. The molecule has 0 radical (unpaired) electrons. The van der Waals surface area contributed by atoms with Gasteiger partial charge in [0.15, 0.2) is 5.16 Å². The quantitative estimate of drug-likeness (QED) is 0.442. The number of likely N-dealkylation sites (tertiary alicyclic amines) is 1. The zero-order valence-corrected chi connectivity index (χ0v) is 19.9. The van der Waals surface area contributed by atoms with E-state index in [1.165, 1.54) is 37.4 Å². The summed E-state index contributed by atoms with van der Waals surface area (Å²) in [5.41, 5.74) is 0.678. The van der Waals surface area contributed by atoms with Gasteiger partial charge in [-0.2, -0.15) is 0 Å². The summed E-state index contributed by atoms with van der Waals surface area (Å²) in [5, 5.41) is 4.26. The maximum Gasteiger partial charge on any atom is 0.262 e. The zero-order valence-electron chi connectivity index (χ0n) is 19.1. The molecule has 0 spiro atoms. The summed E-state index contributed by atoms with van der Waals surface area (Å²) in [6.07, 6.45) is 6.85. The van der Waals surface area contributed by atoms with Crippen LogP contribution < -0.4 is 10.9 Å². The molecule has 1 amide bonds. The third-order valence-electron chi connectivity index (χ3n) is 6.23. The van der Waals surface area contributed by atoms with Crippen LogP contribution in [0.25, 0.3) is 10.9 Å². The topological polar surface area (TPSA) is 67.2 Å². The summed E-state index contributed by atoms with van der Waals surface area (Å²) in [7, 11) is 0. The Hall–Kier alpha value is -1.86. The first kappa shape index (κ1) is 23.8. The number of fused-ring (bicyclic) bond motifs is 1. The average molecular weight is 445 g/mol. The molecule has 2 atom stereocenters. The van der Waals surface area contributed by atoms with Crippen molar-refractivity contribution in [2.75, 3.05) is 18.8 Å². The molecule has 1 N–H and O–H groups in total. The Balaban J connectivity index is 1.74. The molecule has 31 heavy (non-hydrogen) atoms. The highest BCUT2D eigenvalue weighted by Crippen LogP contribution is 2.21. The second-order valence-corrected chi connectivity index (χ2v) is 9.42. The molecule has 1 aliphatic heterocycles. The number of thioether (sulfide) groups is 1. The van der Waals surface area contributed by atoms with E-state index in [1.807, 2.05) is 38.1 Å². The van der Waals surface area contributed by atoms with Crippen LogP contribution in [-0.2, 0) is 11.3 Å². The van der Waals surface area contributed by atoms with Crippen LogP contribution in [0.4, 0.5) is 0 Å². The summed E-state index contributed by atoms with van der Waals surface area (Å²) >= 11 is 1.35. The van der Waals surface area contributed by atoms with E-state index in [0.717, 1.165) is 25.9 Å². The standard InChI is InChI=1S/C24H36N4O2S/c1-4-18(3)25-22(29)17-31-24-26-21-13-7-6-12-20(21)23(30)28(24)16-10-15-27-14-9-8-11-19(27)5-2/h6-7,12-13,18-19H,4-5,8-11,14-17H2,1-3H3,(H,25,29)/t18-,19-/m0/s1. The number of piperidine rings is 1. The van der Waals surface area contributed by atoms with Crippen LogP contribution in [0, 0.1) is 0 Å². The lowest BCUT2D eigenvalue weighted by atomic mass is 10.00. The second-order valence-electron chi connectivity index (χ2n) is 8.48. The molecule has 2 aromatic rings. The Morgan fingerprint density at radius 2 is 2.06 bits per heavy atom. The molecule has 1 aromatic heterocycles. The van der Waals surface area contributed by atoms with E-state index in [4.69, 9.17) is 4.98 Å². The van der Waals surface area contributed by atoms with Crippen molar-refractivity contribution in [2.24, 2.45) is 0 Å². The third kappa shape index (κ3) is 6.32. The van der Waals surface area contributed by atoms with Gasteiger partial charge in [0.25, 0.3) is 5.56 Å². The third-order valence-corrected chi connectivity index (χ3v) is 7.20. The number of amides is 1. The molecule has 6 nitrogen and oxygen atoms in total. The van der Waals surface area contributed by atoms with E-state index in [2.05, 4.69) is 17.1 Å². The van der Waals surface area contributed by atoms with Gasteiger partial charge in [-0.25, -0.2) is 4.98 Å². The lowest BCUT2D eigenvalue weighted by Gasteiger charge is -2.35. The number of nitrogens with zero attached hydrogens (tertiary/aromatic N) is 3. The molecular formula is C24H36N4O2S. The minimum atomic E-state index is -0.0209. The fraction of sp³-hybridized carbons (Fsp3) is 0.625. The molecule has 170 valence electrons. The number of hydrogen-bond acceptors (Lipinski definition) is 5. The van der Waals surface area contributed by atoms with Gasteiger partial charge in [-0.3, -0.25) is 14.2 Å². The van der Waals surface area contributed by atoms with Crippen LogP contribution in [0.3, 0.4) is 0 Å². The summed E-state index contributed by atoms with van der Waals surface area (Å²) in [6, 6.07) is 8.29. The van der Waals surface area contributed by atoms with E-state index < -0.39 is 0 Å². The minimum absolute atomic E-state index is 0.0129. The molecule has 1 aliphatic rings. The number of rotatable bonds is 10. The maximum absolute atomic E-state index is 13.2. The van der Waals surface area contributed by atoms with Gasteiger partial charge in [-0.1, -0.05) is 44.2 Å². The molecule has 1 fully saturated rings. The van der Waals surface area contributed by atoms with E-state index >= 15 is 0 Å². The normalized spacial score (nSPS) is 18.2. The highest BCUT2D eigenvalue weighted by atomic mass is 32.2. The van der Waals surface area contributed by atoms with Crippen LogP contribution in [0.5, 0.6) is 0 Å². The first-order chi connectivity index (χ1) is 15.0. The predicted molar refractivity (Wildman–Crippen MR) is 129 cm³/mol. The summed E-state index contributed by atoms with van der Waals surface area (Å²) in [6.45, 7) is 9.08. The summed E-state index contributed by atoms with van der Waals surface area (Å²) in [5.74, 6) is 0.242. The first-order valence-electron chi connectivity index (χ1n) is 11.7. The van der Waals surface area contributed by atoms with Gasteiger partial charge in [0.1, 0.15) is 0 Å². The molecule has 0 bridgehead atoms. The van der Waals surface area contributed by atoms with Crippen LogP contribution in [0.15, 0.2) is 34.2 Å². The van der Waals surface area contributed by atoms with Crippen molar-refractivity contribution >= 4 is 28.6 Å². The molecule has 1 saturated heterocycles. The molecule has 0 saturated carbocycles. The van der Waals surface area contributed by atoms with Gasteiger partial charge in [0, 0.05) is 25.2 Å². The van der Waals surface area contributed by atoms with E-state index in [0.29, 0.717) is 28.6 Å². The van der Waals surface area contributed by atoms with Crippen molar-refractivity contribution in [3.05, 3.63) is 34.6 Å². The fourth-order valence-electron chi connectivity index (χ4n) is 4.25. The molecule has 0 unspecified atom stereocenters. The number of carbonyl (C=O) groups excluding carboxylic acids is 1. The van der Waals surface area contributed by atoms with Crippen molar-refractivity contribution in [1.29, 1.82) is 0 Å². The molecule has 0 aliphatic carbocycles. The minimum Gasteiger partial charge on any atom is -0.353 e. The second kappa shape index (κ2) is 11.7. The number of carbonyl (C=O) groups is 1. The van der Waals surface area contributed by atoms with Gasteiger partial charge in [0.05, 0.1) is 16.7 Å². The summed E-state index contributed by atoms with van der Waals surface area (Å²) in [4.78, 5) is 32.8. The predicted octanol–water partition coefficient (Wildman–Crippen LogP) is 4.06. The molecule has 2 heterocycles. The molecule has 3 rings (SSSR count). The van der Waals surface area contributed by atoms with Gasteiger partial charge in [0.2, 0.25) is 5.91 Å². The Morgan fingerprint density at radius 1 is 1.26 bits per heavy atom. The fourth-order valence-corrected chi connectivity index (χ4v) is 5.09. The van der Waals surface area contributed by atoms with Crippen molar-refractivity contribution in [2.45, 2.75) is 83.1 Å². The Bertz CT molecular complexity index is 929. The first-order valence-corrected chi connectivity index (χ1v) is 12.7. The Labute approximate surface area is 189 Å². The van der Waals surface area contributed by atoms with Crippen molar-refractivity contribution in [3.63, 3.8) is 0 Å². The number of para-hydroxylation sites is 1. The van der Waals surface area contributed by atoms with Gasteiger partial charge < -0.3 is 10.2 Å². The van der Waals surface area contributed by atoms with Crippen LogP contribution in [-0.4, -0.2) is 51.3 Å². The monoisotopic (exact) mass is 444 g/mol. The lowest BCUT2D eigenvalue weighted by molar-refractivity contribution is -0.119. The van der Waals surface area contributed by atoms with E-state index in [1.54, 1.807) is 4.57 Å². The van der Waals surface area contributed by atoms with Crippen molar-refractivity contribution < 1.29 is 4.79 Å². The van der Waals surface area contributed by atoms with E-state index in [9.17, 15) is 9.59 Å². The summed E-state index contributed by atoms with van der Waals surface area (Å²) < 4.78 is 1.77. The largest absolute Gasteiger partial charge is 0.353 e. The average Bonchev–Trinajstić information content (AvgIpc) is 2.79. The SMILES string of the molecule is CC[C@H]1CCCCN1CCCn1c(SCC(=O)N[C@@H](C)CC)nc2ccccc2c1=O. The number of aromatic nitrogens is 2. The Morgan fingerprint density at radius 3 is 2.84 bits per heavy atom. The van der Waals surface area contributed by atoms with Crippen molar-refractivity contribution in [1.82, 2.24) is 19.8 Å². The maximum atomic E-state index is 13.2. The van der Waals surface area contributed by atoms with Gasteiger partial charge in [-0.15, -0.1) is 0 Å². The Kier molecular flexibility index (Phi) is 8.96. The van der Waals surface area contributed by atoms with Crippen molar-refractivity contribution in [3.8, 4) is 0 Å². The molecule has 7 heteroatoms. The van der Waals surface area contributed by atoms with E-state index in [-0.39, 0.29) is 23.3 Å². The number of nitrogens with one attached hydrogen (secondary N) is 1. The number of hydrogen-bond donors (Lipinski definition) is 1. The number of benzene rings is 1. The van der Waals surface area contributed by atoms with Gasteiger partial charge in [-0.05, 0) is 57.7 Å². The molecular weight excluding hydrogens is 408 g/mol. The molecule has 1 aromatic carbocycles. The lowest BCUT2D eigenvalue weighted by Crippen LogP contribution is -2.40. The van der Waals surface area contributed by atoms with Crippen LogP contribution in [0.1, 0.15) is 59.3 Å². The smallest absolute Gasteiger partial charge is 0.262 e. The highest BCUT2D eigenvalue weighted by Gasteiger charge is 2.20. The van der Waals surface area contributed by atoms with Crippen LogP contribution >= 0.6 is 11.8 Å².